The molecule has 0 amide bonds. The summed E-state index contributed by atoms with van der Waals surface area (Å²) in [7, 11) is 7.13. The molecule has 0 fully saturated rings. The highest BCUT2D eigenvalue weighted by Crippen LogP contribution is 2.24. The molecule has 0 aromatic carbocycles. The molecule has 0 spiro atoms. The number of carboxylic acids is 1. The fourth-order valence-corrected chi connectivity index (χ4v) is 1.76. The zero-order valence-corrected chi connectivity index (χ0v) is 11.7. The molecule has 1 unspecified atom stereocenters. The Hall–Kier alpha value is -1.34. The molecule has 18 heavy (non-hydrogen) atoms. The first kappa shape index (κ1) is 14.7. The summed E-state index contributed by atoms with van der Waals surface area (Å²) in [6, 6.07) is 0. The van der Waals surface area contributed by atoms with E-state index in [0.29, 0.717) is 18.3 Å². The third kappa shape index (κ3) is 2.91. The van der Waals surface area contributed by atoms with Gasteiger partial charge in [0.2, 0.25) is 17.6 Å². The van der Waals surface area contributed by atoms with E-state index in [0.717, 1.165) is 0 Å². The van der Waals surface area contributed by atoms with Gasteiger partial charge >= 0.3 is 5.97 Å². The number of carbonyl (C=O) groups is 1. The van der Waals surface area contributed by atoms with Gasteiger partial charge in [-0.15, -0.1) is 11.6 Å². The van der Waals surface area contributed by atoms with Crippen molar-refractivity contribution in [2.24, 2.45) is 9.98 Å². The topological polar surface area (TPSA) is 80.5 Å². The van der Waals surface area contributed by atoms with E-state index in [1.54, 1.807) is 38.0 Å². The molecule has 1 aliphatic rings. The van der Waals surface area contributed by atoms with Gasteiger partial charge in [-0.2, -0.15) is 0 Å². The summed E-state index contributed by atoms with van der Waals surface area (Å²) in [6.45, 7) is 0. The molecule has 0 aromatic heterocycles. The van der Waals surface area contributed by atoms with Crippen LogP contribution in [0.4, 0.5) is 0 Å². The van der Waals surface area contributed by atoms with Gasteiger partial charge < -0.3 is 15.3 Å². The van der Waals surface area contributed by atoms with Crippen LogP contribution in [0.5, 0.6) is 0 Å². The van der Waals surface area contributed by atoms with Gasteiger partial charge in [-0.25, -0.2) is 14.8 Å². The predicted octanol–water partition coefficient (Wildman–Crippen LogP) is -0.165. The summed E-state index contributed by atoms with van der Waals surface area (Å²) in [5.74, 6) is -1.45. The van der Waals surface area contributed by atoms with Crippen molar-refractivity contribution in [2.75, 3.05) is 34.1 Å². The monoisotopic (exact) mass is 275 g/mol. The highest BCUT2D eigenvalue weighted by Gasteiger charge is 2.37. The average Bonchev–Trinajstić information content (AvgIpc) is 2.28. The fourth-order valence-electron chi connectivity index (χ4n) is 1.51. The maximum Gasteiger partial charge on any atom is 0.371 e. The summed E-state index contributed by atoms with van der Waals surface area (Å²) < 4.78 is 0. The summed E-state index contributed by atoms with van der Waals surface area (Å²) in [5.41, 5.74) is 0. The van der Waals surface area contributed by atoms with E-state index >= 15 is 0 Å². The molecule has 0 aromatic rings. The Kier molecular flexibility index (Phi) is 4.53. The van der Waals surface area contributed by atoms with Crippen molar-refractivity contribution in [3.8, 4) is 0 Å². The zero-order valence-electron chi connectivity index (χ0n) is 10.9. The predicted molar refractivity (Wildman–Crippen MR) is 71.1 cm³/mol. The summed E-state index contributed by atoms with van der Waals surface area (Å²) in [4.78, 5) is 23.2. The van der Waals surface area contributed by atoms with Crippen molar-refractivity contribution >= 4 is 29.4 Å². The van der Waals surface area contributed by atoms with Crippen LogP contribution in [-0.4, -0.2) is 72.5 Å². The Morgan fingerprint density at radius 3 is 2.39 bits per heavy atom. The maximum atomic E-state index is 11.1. The van der Waals surface area contributed by atoms with Crippen LogP contribution in [0.3, 0.4) is 0 Å². The van der Waals surface area contributed by atoms with Gasteiger partial charge in [0.1, 0.15) is 0 Å². The minimum Gasteiger partial charge on any atom is -0.475 e. The van der Waals surface area contributed by atoms with Crippen LogP contribution in [0, 0.1) is 0 Å². The summed E-state index contributed by atoms with van der Waals surface area (Å²) in [5, 5.41) is 11.8. The van der Waals surface area contributed by atoms with Gasteiger partial charge in [0.25, 0.3) is 0 Å². The van der Waals surface area contributed by atoms with Gasteiger partial charge in [0.15, 0.2) is 0 Å². The summed E-state index contributed by atoms with van der Waals surface area (Å²) >= 11 is 5.78. The van der Waals surface area contributed by atoms with Crippen LogP contribution in [0.1, 0.15) is 6.42 Å². The number of halogens is 1. The van der Waals surface area contributed by atoms with E-state index in [-0.39, 0.29) is 5.84 Å². The average molecular weight is 276 g/mol. The van der Waals surface area contributed by atoms with E-state index in [4.69, 9.17) is 16.7 Å². The summed E-state index contributed by atoms with van der Waals surface area (Å²) in [6.07, 6.45) is 0.428. The number of guanidine groups is 1. The number of carboxylic acid groups (broad SMARTS) is 1. The Balaban J connectivity index is 3.25. The number of nitrogens with zero attached hydrogens (tertiary/aromatic N) is 4. The molecular weight excluding hydrogens is 258 g/mol. The highest BCUT2D eigenvalue weighted by atomic mass is 35.5. The molecule has 1 aliphatic heterocycles. The molecule has 1 heterocycles. The minimum atomic E-state index is -1.12. The second-order valence-corrected chi connectivity index (χ2v) is 4.71. The van der Waals surface area contributed by atoms with Gasteiger partial charge in [-0.05, 0) is 14.1 Å². The quantitative estimate of drug-likeness (QED) is 0.697. The number of hydrogen-bond acceptors (Lipinski definition) is 6. The number of aliphatic imine (C=N–C) groups is 2. The van der Waals surface area contributed by atoms with Crippen molar-refractivity contribution in [3.05, 3.63) is 0 Å². The number of rotatable bonds is 4. The Morgan fingerprint density at radius 1 is 1.39 bits per heavy atom. The lowest BCUT2D eigenvalue weighted by molar-refractivity contribution is -0.129. The second kappa shape index (κ2) is 5.53. The van der Waals surface area contributed by atoms with E-state index in [1.165, 1.54) is 0 Å². The molecule has 0 aliphatic carbocycles. The number of alkyl halides is 1. The van der Waals surface area contributed by atoms with E-state index in [2.05, 4.69) is 15.3 Å². The molecule has 8 heteroatoms. The van der Waals surface area contributed by atoms with E-state index < -0.39 is 11.8 Å². The number of nitrogens with one attached hydrogen (secondary N) is 1. The second-order valence-electron chi connectivity index (χ2n) is 4.33. The van der Waals surface area contributed by atoms with E-state index in [1.807, 2.05) is 0 Å². The van der Waals surface area contributed by atoms with Crippen molar-refractivity contribution in [1.29, 1.82) is 0 Å². The number of aliphatic carboxylic acids is 1. The number of amidine groups is 1. The Labute approximate surface area is 111 Å². The normalized spacial score (nSPS) is 23.2. The third-order valence-corrected chi connectivity index (χ3v) is 2.77. The first-order valence-corrected chi connectivity index (χ1v) is 5.96. The molecule has 102 valence electrons. The van der Waals surface area contributed by atoms with E-state index in [9.17, 15) is 4.79 Å². The molecular formula is C10H18ClN5O2. The fraction of sp³-hybridized carbons (Fsp3) is 0.700. The highest BCUT2D eigenvalue weighted by molar-refractivity contribution is 6.38. The SMILES string of the molecule is CN(C)C1=NC(CCCl)(N(C)C)N=C(C(=O)O)N1. The first-order valence-electron chi connectivity index (χ1n) is 5.43. The minimum absolute atomic E-state index is 0.132. The molecule has 7 nitrogen and oxygen atoms in total. The molecule has 0 saturated carbocycles. The first-order chi connectivity index (χ1) is 8.32. The van der Waals surface area contributed by atoms with Crippen LogP contribution < -0.4 is 5.32 Å². The number of hydrogen-bond donors (Lipinski definition) is 2. The maximum absolute atomic E-state index is 11.1. The smallest absolute Gasteiger partial charge is 0.371 e. The van der Waals surface area contributed by atoms with Crippen molar-refractivity contribution in [3.63, 3.8) is 0 Å². The molecule has 1 rings (SSSR count). The van der Waals surface area contributed by atoms with Gasteiger partial charge in [0, 0.05) is 26.4 Å². The largest absolute Gasteiger partial charge is 0.475 e. The lowest BCUT2D eigenvalue weighted by Gasteiger charge is -2.36. The van der Waals surface area contributed by atoms with Crippen LogP contribution in [0.25, 0.3) is 0 Å². The Morgan fingerprint density at radius 2 is 2.00 bits per heavy atom. The van der Waals surface area contributed by atoms with Gasteiger partial charge in [0.05, 0.1) is 0 Å². The van der Waals surface area contributed by atoms with Gasteiger partial charge in [-0.1, -0.05) is 0 Å². The standard InChI is InChI=1S/C10H18ClN5O2/c1-15(2)9-12-7(8(17)18)13-10(14-9,5-6-11)16(3)4/h5-6H2,1-4H3,(H,17,18)(H,12,13,14). The third-order valence-electron chi connectivity index (χ3n) is 2.58. The van der Waals surface area contributed by atoms with Crippen molar-refractivity contribution in [2.45, 2.75) is 12.2 Å². The molecule has 1 atom stereocenters. The lowest BCUT2D eigenvalue weighted by atomic mass is 10.2. The van der Waals surface area contributed by atoms with Crippen LogP contribution >= 0.6 is 11.6 Å². The molecule has 0 radical (unpaired) electrons. The molecule has 0 bridgehead atoms. The Bertz CT molecular complexity index is 394. The lowest BCUT2D eigenvalue weighted by Crippen LogP contribution is -2.54. The van der Waals surface area contributed by atoms with Crippen molar-refractivity contribution in [1.82, 2.24) is 15.1 Å². The van der Waals surface area contributed by atoms with Crippen LogP contribution in [0.15, 0.2) is 9.98 Å². The van der Waals surface area contributed by atoms with Crippen LogP contribution in [-0.2, 0) is 4.79 Å². The van der Waals surface area contributed by atoms with Crippen molar-refractivity contribution < 1.29 is 9.90 Å². The zero-order chi connectivity index (χ0) is 13.9. The molecule has 0 saturated heterocycles. The van der Waals surface area contributed by atoms with Gasteiger partial charge in [-0.3, -0.25) is 4.90 Å². The van der Waals surface area contributed by atoms with Crippen LogP contribution in [0.2, 0.25) is 0 Å². The molecule has 2 N–H and O–H groups in total.